The third-order valence-electron chi connectivity index (χ3n) is 6.44. The molecule has 0 spiro atoms. The van der Waals surface area contributed by atoms with Crippen molar-refractivity contribution in [3.05, 3.63) is 120 Å². The fourth-order valence-electron chi connectivity index (χ4n) is 4.58. The fraction of sp³-hybridized carbons (Fsp3) is 0.355. The van der Waals surface area contributed by atoms with Gasteiger partial charge in [0.15, 0.2) is 6.29 Å². The SMILES string of the molecule is C=CC[C@@H]1[C@H](OCc2ccccc2)[C@@H](OCc2ccccc2)[C@@H](OC)O[C@@H]1COCc1ccccc1. The highest BCUT2D eigenvalue weighted by Gasteiger charge is 2.47. The minimum Gasteiger partial charge on any atom is -0.374 e. The maximum Gasteiger partial charge on any atom is 0.186 e. The number of hydrogen-bond acceptors (Lipinski definition) is 5. The zero-order chi connectivity index (χ0) is 25.0. The summed E-state index contributed by atoms with van der Waals surface area (Å²) in [5, 5.41) is 0. The zero-order valence-corrected chi connectivity index (χ0v) is 20.9. The van der Waals surface area contributed by atoms with Crippen LogP contribution in [0.4, 0.5) is 0 Å². The molecule has 36 heavy (non-hydrogen) atoms. The lowest BCUT2D eigenvalue weighted by molar-refractivity contribution is -0.305. The Morgan fingerprint density at radius 3 is 1.72 bits per heavy atom. The molecule has 0 radical (unpaired) electrons. The van der Waals surface area contributed by atoms with Crippen LogP contribution in [0.3, 0.4) is 0 Å². The van der Waals surface area contributed by atoms with E-state index in [1.165, 1.54) is 0 Å². The van der Waals surface area contributed by atoms with Crippen LogP contribution in [-0.2, 0) is 43.5 Å². The summed E-state index contributed by atoms with van der Waals surface area (Å²) in [7, 11) is 1.65. The number of allylic oxidation sites excluding steroid dienone is 1. The molecule has 0 saturated carbocycles. The minimum atomic E-state index is -0.583. The molecule has 5 atom stereocenters. The van der Waals surface area contributed by atoms with Crippen molar-refractivity contribution in [1.29, 1.82) is 0 Å². The molecule has 0 amide bonds. The molecule has 190 valence electrons. The van der Waals surface area contributed by atoms with E-state index in [2.05, 4.69) is 30.8 Å². The third-order valence-corrected chi connectivity index (χ3v) is 6.44. The van der Waals surface area contributed by atoms with Gasteiger partial charge in [0.1, 0.15) is 6.10 Å². The first kappa shape index (κ1) is 26.3. The molecule has 1 fully saturated rings. The van der Waals surface area contributed by atoms with Crippen molar-refractivity contribution in [2.24, 2.45) is 5.92 Å². The van der Waals surface area contributed by atoms with Crippen LogP contribution in [0, 0.1) is 5.92 Å². The van der Waals surface area contributed by atoms with Crippen molar-refractivity contribution in [3.8, 4) is 0 Å². The van der Waals surface area contributed by atoms with Gasteiger partial charge >= 0.3 is 0 Å². The number of hydrogen-bond donors (Lipinski definition) is 0. The van der Waals surface area contributed by atoms with E-state index < -0.39 is 12.4 Å². The quantitative estimate of drug-likeness (QED) is 0.279. The van der Waals surface area contributed by atoms with Crippen LogP contribution in [0.5, 0.6) is 0 Å². The molecule has 1 aliphatic rings. The molecule has 1 saturated heterocycles. The largest absolute Gasteiger partial charge is 0.374 e. The van der Waals surface area contributed by atoms with Crippen molar-refractivity contribution in [2.45, 2.75) is 50.8 Å². The molecule has 4 rings (SSSR count). The van der Waals surface area contributed by atoms with Crippen molar-refractivity contribution in [2.75, 3.05) is 13.7 Å². The van der Waals surface area contributed by atoms with Gasteiger partial charge in [0.05, 0.1) is 38.6 Å². The standard InChI is InChI=1S/C31H36O5/c1-3-13-27-28(23-33-20-24-14-7-4-8-15-24)36-31(32-2)30(35-22-26-18-11-6-12-19-26)29(27)34-21-25-16-9-5-10-17-25/h3-12,14-19,27-31H,1,13,20-23H2,2H3/t27-,28+,29-,30+,31-/m0/s1. The normalized spacial score (nSPS) is 23.9. The predicted molar refractivity (Wildman–Crippen MR) is 140 cm³/mol. The topological polar surface area (TPSA) is 46.2 Å². The number of methoxy groups -OCH3 is 1. The van der Waals surface area contributed by atoms with E-state index in [9.17, 15) is 0 Å². The first-order valence-corrected chi connectivity index (χ1v) is 12.5. The van der Waals surface area contributed by atoms with E-state index in [4.69, 9.17) is 23.7 Å². The summed E-state index contributed by atoms with van der Waals surface area (Å²) in [6, 6.07) is 30.4. The Kier molecular flexibility index (Phi) is 10.3. The van der Waals surface area contributed by atoms with Gasteiger partial charge in [-0.15, -0.1) is 6.58 Å². The van der Waals surface area contributed by atoms with E-state index in [0.29, 0.717) is 32.8 Å². The number of rotatable bonds is 13. The molecule has 3 aromatic rings. The Morgan fingerprint density at radius 1 is 0.722 bits per heavy atom. The number of ether oxygens (including phenoxy) is 5. The molecule has 0 aliphatic carbocycles. The molecule has 5 nitrogen and oxygen atoms in total. The van der Waals surface area contributed by atoms with E-state index in [-0.39, 0.29) is 18.1 Å². The minimum absolute atomic E-state index is 0.00541. The Labute approximate surface area is 214 Å². The van der Waals surface area contributed by atoms with Crippen molar-refractivity contribution < 1.29 is 23.7 Å². The smallest absolute Gasteiger partial charge is 0.186 e. The van der Waals surface area contributed by atoms with Crippen molar-refractivity contribution >= 4 is 0 Å². The maximum absolute atomic E-state index is 6.57. The Morgan fingerprint density at radius 2 is 1.22 bits per heavy atom. The lowest BCUT2D eigenvalue weighted by Crippen LogP contribution is -2.58. The van der Waals surface area contributed by atoms with Gasteiger partial charge in [0, 0.05) is 13.0 Å². The van der Waals surface area contributed by atoms with Gasteiger partial charge < -0.3 is 23.7 Å². The lowest BCUT2D eigenvalue weighted by atomic mass is 9.86. The van der Waals surface area contributed by atoms with Crippen molar-refractivity contribution in [3.63, 3.8) is 0 Å². The highest BCUT2D eigenvalue weighted by atomic mass is 16.7. The van der Waals surface area contributed by atoms with E-state index in [0.717, 1.165) is 16.7 Å². The average molecular weight is 489 g/mol. The monoisotopic (exact) mass is 488 g/mol. The summed E-state index contributed by atoms with van der Waals surface area (Å²) >= 11 is 0. The molecule has 0 N–H and O–H groups in total. The second-order valence-corrected chi connectivity index (χ2v) is 8.99. The molecular formula is C31H36O5. The first-order chi connectivity index (χ1) is 17.8. The van der Waals surface area contributed by atoms with Crippen LogP contribution >= 0.6 is 0 Å². The van der Waals surface area contributed by atoms with Gasteiger partial charge in [0.25, 0.3) is 0 Å². The summed E-state index contributed by atoms with van der Waals surface area (Å²) in [5.74, 6) is -0.00541. The molecule has 3 aromatic carbocycles. The van der Waals surface area contributed by atoms with Crippen LogP contribution in [0.2, 0.25) is 0 Å². The van der Waals surface area contributed by atoms with E-state index in [1.807, 2.05) is 72.8 Å². The van der Waals surface area contributed by atoms with Crippen molar-refractivity contribution in [1.82, 2.24) is 0 Å². The molecule has 5 heteroatoms. The molecule has 0 aromatic heterocycles. The molecule has 1 heterocycles. The van der Waals surface area contributed by atoms with Crippen LogP contribution in [0.1, 0.15) is 23.1 Å². The van der Waals surface area contributed by atoms with Gasteiger partial charge in [-0.1, -0.05) is 97.1 Å². The summed E-state index contributed by atoms with van der Waals surface area (Å²) in [5.41, 5.74) is 3.31. The van der Waals surface area contributed by atoms with Gasteiger partial charge in [-0.05, 0) is 23.1 Å². The Bertz CT molecular complexity index is 1010. The molecular weight excluding hydrogens is 452 g/mol. The Hall–Kier alpha value is -2.80. The molecule has 0 bridgehead atoms. The highest BCUT2D eigenvalue weighted by Crippen LogP contribution is 2.34. The van der Waals surface area contributed by atoms with Crippen LogP contribution in [-0.4, -0.2) is 38.3 Å². The van der Waals surface area contributed by atoms with Crippen LogP contribution in [0.25, 0.3) is 0 Å². The fourth-order valence-corrected chi connectivity index (χ4v) is 4.58. The highest BCUT2D eigenvalue weighted by molar-refractivity contribution is 5.15. The van der Waals surface area contributed by atoms with E-state index in [1.54, 1.807) is 7.11 Å². The zero-order valence-electron chi connectivity index (χ0n) is 20.9. The summed E-state index contributed by atoms with van der Waals surface area (Å²) < 4.78 is 31.3. The molecule has 1 aliphatic heterocycles. The van der Waals surface area contributed by atoms with Gasteiger partial charge in [-0.25, -0.2) is 0 Å². The lowest BCUT2D eigenvalue weighted by Gasteiger charge is -2.45. The summed E-state index contributed by atoms with van der Waals surface area (Å²) in [6.07, 6.45) is 1.14. The second kappa shape index (κ2) is 14.1. The third kappa shape index (κ3) is 7.36. The summed E-state index contributed by atoms with van der Waals surface area (Å²) in [6.45, 7) is 5.85. The predicted octanol–water partition coefficient (Wildman–Crippen LogP) is 5.94. The average Bonchev–Trinajstić information content (AvgIpc) is 2.93. The van der Waals surface area contributed by atoms with Crippen LogP contribution < -0.4 is 0 Å². The second-order valence-electron chi connectivity index (χ2n) is 8.99. The first-order valence-electron chi connectivity index (χ1n) is 12.5. The summed E-state index contributed by atoms with van der Waals surface area (Å²) in [4.78, 5) is 0. The van der Waals surface area contributed by atoms with Gasteiger partial charge in [-0.2, -0.15) is 0 Å². The number of benzene rings is 3. The van der Waals surface area contributed by atoms with Gasteiger partial charge in [-0.3, -0.25) is 0 Å². The Balaban J connectivity index is 1.51. The van der Waals surface area contributed by atoms with Crippen LogP contribution in [0.15, 0.2) is 104 Å². The van der Waals surface area contributed by atoms with E-state index >= 15 is 0 Å². The maximum atomic E-state index is 6.57. The molecule has 0 unspecified atom stereocenters. The van der Waals surface area contributed by atoms with Gasteiger partial charge in [0.2, 0.25) is 0 Å².